The zero-order chi connectivity index (χ0) is 26.6. The number of pyridine rings is 1. The first-order valence-corrected chi connectivity index (χ1v) is 12.6. The summed E-state index contributed by atoms with van der Waals surface area (Å²) >= 11 is 0. The largest absolute Gasteiger partial charge is 0.486 e. The molecule has 0 atom stereocenters. The van der Waals surface area contributed by atoms with E-state index >= 15 is 0 Å². The summed E-state index contributed by atoms with van der Waals surface area (Å²) < 4.78 is 16.5. The van der Waals surface area contributed by atoms with Crippen LogP contribution in [0.1, 0.15) is 10.4 Å². The molecule has 0 saturated heterocycles. The standard InChI is InChI=1S/C32H24N2O5/c35-31(33-24-14-15-29-30(18-24)38-17-16-37-29)20-39-32(36)26-19-28(34-27-9-5-4-8-25(26)27)23-12-10-22(11-13-23)21-6-2-1-3-7-21/h1-15,18-19H,16-17,20H2,(H,33,35). The number of amides is 1. The van der Waals surface area contributed by atoms with Gasteiger partial charge in [-0.2, -0.15) is 0 Å². The van der Waals surface area contributed by atoms with Crippen LogP contribution in [0, 0.1) is 0 Å². The molecule has 0 radical (unpaired) electrons. The number of carbonyl (C=O) groups excluding carboxylic acids is 2. The molecule has 0 unspecified atom stereocenters. The van der Waals surface area contributed by atoms with Crippen LogP contribution < -0.4 is 14.8 Å². The average Bonchev–Trinajstić information content (AvgIpc) is 3.00. The minimum absolute atomic E-state index is 0.342. The number of fused-ring (bicyclic) bond motifs is 2. The number of ether oxygens (including phenoxy) is 3. The number of nitrogens with one attached hydrogen (secondary N) is 1. The van der Waals surface area contributed by atoms with E-state index in [1.807, 2.05) is 66.7 Å². The number of para-hydroxylation sites is 1. The lowest BCUT2D eigenvalue weighted by molar-refractivity contribution is -0.119. The Morgan fingerprint density at radius 1 is 0.744 bits per heavy atom. The predicted octanol–water partition coefficient (Wildman–Crippen LogP) is 6.14. The second-order valence-electron chi connectivity index (χ2n) is 9.00. The first kappa shape index (κ1) is 24.2. The molecule has 0 fully saturated rings. The van der Waals surface area contributed by atoms with E-state index in [9.17, 15) is 9.59 Å². The van der Waals surface area contributed by atoms with Crippen molar-refractivity contribution in [2.45, 2.75) is 0 Å². The van der Waals surface area contributed by atoms with Crippen LogP contribution in [-0.2, 0) is 9.53 Å². The van der Waals surface area contributed by atoms with Crippen molar-refractivity contribution in [3.8, 4) is 33.9 Å². The topological polar surface area (TPSA) is 86.8 Å². The lowest BCUT2D eigenvalue weighted by Gasteiger charge is -2.19. The molecule has 7 heteroatoms. The van der Waals surface area contributed by atoms with Crippen molar-refractivity contribution in [2.24, 2.45) is 0 Å². The van der Waals surface area contributed by atoms with Crippen LogP contribution >= 0.6 is 0 Å². The van der Waals surface area contributed by atoms with Crippen molar-refractivity contribution >= 4 is 28.5 Å². The Morgan fingerprint density at radius 2 is 1.44 bits per heavy atom. The van der Waals surface area contributed by atoms with E-state index < -0.39 is 18.5 Å². The van der Waals surface area contributed by atoms with Crippen LogP contribution in [0.4, 0.5) is 5.69 Å². The van der Waals surface area contributed by atoms with Crippen molar-refractivity contribution in [3.63, 3.8) is 0 Å². The van der Waals surface area contributed by atoms with Crippen molar-refractivity contribution in [2.75, 3.05) is 25.1 Å². The van der Waals surface area contributed by atoms with Crippen LogP contribution in [0.5, 0.6) is 11.5 Å². The fourth-order valence-corrected chi connectivity index (χ4v) is 4.48. The Labute approximate surface area is 225 Å². The molecule has 6 rings (SSSR count). The van der Waals surface area contributed by atoms with Crippen LogP contribution in [0.15, 0.2) is 103 Å². The lowest BCUT2D eigenvalue weighted by Crippen LogP contribution is -2.21. The molecule has 0 bridgehead atoms. The molecular weight excluding hydrogens is 492 g/mol. The maximum absolute atomic E-state index is 13.2. The summed E-state index contributed by atoms with van der Waals surface area (Å²) in [7, 11) is 0. The molecule has 2 heterocycles. The molecule has 192 valence electrons. The van der Waals surface area contributed by atoms with Crippen molar-refractivity contribution in [1.29, 1.82) is 0 Å². The summed E-state index contributed by atoms with van der Waals surface area (Å²) in [4.78, 5) is 30.5. The van der Waals surface area contributed by atoms with Crippen LogP contribution in [-0.4, -0.2) is 36.7 Å². The summed E-state index contributed by atoms with van der Waals surface area (Å²) in [5.41, 5.74) is 5.24. The maximum atomic E-state index is 13.2. The van der Waals surface area contributed by atoms with Crippen molar-refractivity contribution in [1.82, 2.24) is 4.98 Å². The zero-order valence-corrected chi connectivity index (χ0v) is 20.9. The number of hydrogen-bond acceptors (Lipinski definition) is 6. The highest BCUT2D eigenvalue weighted by molar-refractivity contribution is 6.05. The third-order valence-electron chi connectivity index (χ3n) is 6.38. The van der Waals surface area contributed by atoms with Gasteiger partial charge < -0.3 is 19.5 Å². The fourth-order valence-electron chi connectivity index (χ4n) is 4.48. The van der Waals surface area contributed by atoms with Gasteiger partial charge in [0.15, 0.2) is 18.1 Å². The fraction of sp³-hybridized carbons (Fsp3) is 0.0938. The maximum Gasteiger partial charge on any atom is 0.339 e. The molecular formula is C32H24N2O5. The monoisotopic (exact) mass is 516 g/mol. The number of esters is 1. The first-order valence-electron chi connectivity index (χ1n) is 12.6. The highest BCUT2D eigenvalue weighted by Gasteiger charge is 2.18. The Kier molecular flexibility index (Phi) is 6.62. The van der Waals surface area contributed by atoms with Gasteiger partial charge in [0.1, 0.15) is 13.2 Å². The number of hydrogen-bond donors (Lipinski definition) is 1. The van der Waals surface area contributed by atoms with Crippen LogP contribution in [0.25, 0.3) is 33.3 Å². The number of anilines is 1. The van der Waals surface area contributed by atoms with Gasteiger partial charge >= 0.3 is 5.97 Å². The molecule has 4 aromatic carbocycles. The first-order chi connectivity index (χ1) is 19.1. The van der Waals surface area contributed by atoms with Crippen LogP contribution in [0.2, 0.25) is 0 Å². The predicted molar refractivity (Wildman–Crippen MR) is 149 cm³/mol. The normalized spacial score (nSPS) is 12.1. The minimum atomic E-state index is -0.604. The molecule has 1 aromatic heterocycles. The zero-order valence-electron chi connectivity index (χ0n) is 20.9. The number of benzene rings is 4. The van der Waals surface area contributed by atoms with Gasteiger partial charge in [0.2, 0.25) is 0 Å². The lowest BCUT2D eigenvalue weighted by atomic mass is 10.0. The van der Waals surface area contributed by atoms with Gasteiger partial charge in [0.05, 0.1) is 16.8 Å². The Hall–Kier alpha value is -5.17. The summed E-state index contributed by atoms with van der Waals surface area (Å²) in [5, 5.41) is 3.38. The van der Waals surface area contributed by atoms with E-state index in [4.69, 9.17) is 19.2 Å². The van der Waals surface area contributed by atoms with Crippen molar-refractivity contribution < 1.29 is 23.8 Å². The van der Waals surface area contributed by atoms with Gasteiger partial charge in [-0.3, -0.25) is 4.79 Å². The second kappa shape index (κ2) is 10.7. The summed E-state index contributed by atoms with van der Waals surface area (Å²) in [6, 6.07) is 32.3. The number of rotatable bonds is 6. The molecule has 1 aliphatic heterocycles. The third-order valence-corrected chi connectivity index (χ3v) is 6.38. The van der Waals surface area contributed by atoms with Gasteiger partial charge in [-0.05, 0) is 35.4 Å². The molecule has 39 heavy (non-hydrogen) atoms. The molecule has 5 aromatic rings. The number of aromatic nitrogens is 1. The Balaban J connectivity index is 1.20. The molecule has 1 N–H and O–H groups in total. The van der Waals surface area contributed by atoms with Gasteiger partial charge in [-0.15, -0.1) is 0 Å². The molecule has 7 nitrogen and oxygen atoms in total. The van der Waals surface area contributed by atoms with E-state index in [-0.39, 0.29) is 0 Å². The van der Waals surface area contributed by atoms with E-state index in [1.54, 1.807) is 24.3 Å². The Bertz CT molecular complexity index is 1670. The Morgan fingerprint density at radius 3 is 2.26 bits per heavy atom. The highest BCUT2D eigenvalue weighted by Crippen LogP contribution is 2.32. The van der Waals surface area contributed by atoms with E-state index in [2.05, 4.69) is 17.4 Å². The highest BCUT2D eigenvalue weighted by atomic mass is 16.6. The van der Waals surface area contributed by atoms with Gasteiger partial charge in [-0.1, -0.05) is 72.8 Å². The molecule has 0 spiro atoms. The summed E-state index contributed by atoms with van der Waals surface area (Å²) in [6.45, 7) is 0.491. The molecule has 1 amide bonds. The SMILES string of the molecule is O=C(COC(=O)c1cc(-c2ccc(-c3ccccc3)cc2)nc2ccccc12)Nc1ccc2c(c1)OCCO2. The molecule has 0 aliphatic carbocycles. The quantitative estimate of drug-likeness (QED) is 0.273. The van der Waals surface area contributed by atoms with E-state index in [1.165, 1.54) is 0 Å². The van der Waals surface area contributed by atoms with Gasteiger partial charge in [-0.25, -0.2) is 9.78 Å². The van der Waals surface area contributed by atoms with Gasteiger partial charge in [0.25, 0.3) is 5.91 Å². The van der Waals surface area contributed by atoms with Crippen molar-refractivity contribution in [3.05, 3.63) is 109 Å². The minimum Gasteiger partial charge on any atom is -0.486 e. The average molecular weight is 517 g/mol. The summed E-state index contributed by atoms with van der Waals surface area (Å²) in [6.07, 6.45) is 0. The number of nitrogens with zero attached hydrogens (tertiary/aromatic N) is 1. The van der Waals surface area contributed by atoms with Crippen LogP contribution in [0.3, 0.4) is 0 Å². The molecule has 0 saturated carbocycles. The van der Waals surface area contributed by atoms with E-state index in [0.717, 1.165) is 16.7 Å². The smallest absolute Gasteiger partial charge is 0.339 e. The molecule has 1 aliphatic rings. The summed E-state index contributed by atoms with van der Waals surface area (Å²) in [5.74, 6) is 0.118. The van der Waals surface area contributed by atoms with Gasteiger partial charge in [0, 0.05) is 22.7 Å². The van der Waals surface area contributed by atoms with E-state index in [0.29, 0.717) is 52.6 Å². The second-order valence-corrected chi connectivity index (χ2v) is 9.00. The number of carbonyl (C=O) groups is 2. The third kappa shape index (κ3) is 5.29.